The molecule has 1 rings (SSSR count). The van der Waals surface area contributed by atoms with Gasteiger partial charge >= 0.3 is 11.9 Å². The van der Waals surface area contributed by atoms with Crippen LogP contribution in [-0.2, 0) is 23.9 Å². The van der Waals surface area contributed by atoms with Gasteiger partial charge in [-0.2, -0.15) is 0 Å². The molecule has 9 heteroatoms. The molecule has 1 saturated heterocycles. The van der Waals surface area contributed by atoms with Crippen molar-refractivity contribution in [3.8, 4) is 0 Å². The summed E-state index contributed by atoms with van der Waals surface area (Å²) >= 11 is 5.33. The van der Waals surface area contributed by atoms with Gasteiger partial charge in [0.25, 0.3) is 0 Å². The van der Waals surface area contributed by atoms with E-state index in [-0.39, 0.29) is 24.3 Å². The van der Waals surface area contributed by atoms with E-state index in [0.717, 1.165) is 6.42 Å². The second kappa shape index (κ2) is 12.5. The van der Waals surface area contributed by atoms with Gasteiger partial charge in [0.1, 0.15) is 0 Å². The van der Waals surface area contributed by atoms with Crippen LogP contribution in [-0.4, -0.2) is 65.8 Å². The largest absolute Gasteiger partial charge is 0.466 e. The average Bonchev–Trinajstić information content (AvgIpc) is 3.09. The molecule has 1 aliphatic heterocycles. The number of hydrogen-bond acceptors (Lipinski definition) is 6. The molecule has 0 bridgehead atoms. The minimum atomic E-state index is -0.279. The molecule has 0 unspecified atom stereocenters. The van der Waals surface area contributed by atoms with Crippen molar-refractivity contribution in [1.29, 1.82) is 0 Å². The third-order valence-corrected chi connectivity index (χ3v) is 4.15. The Balaban J connectivity index is 2.31. The standard InChI is InChI=1S/C17H29N3O5S/c1-3-24-15(22)9-6-5-8-14(21)19-12-7-13-20(19)17(26)18-11-10-16(23)25-4-2/h3-13H2,1-2H3,(H,18,26). The summed E-state index contributed by atoms with van der Waals surface area (Å²) in [6.07, 6.45) is 3.02. The number of hydrogen-bond donors (Lipinski definition) is 1. The number of unbranched alkanes of at least 4 members (excludes halogenated alkanes) is 1. The summed E-state index contributed by atoms with van der Waals surface area (Å²) in [7, 11) is 0. The molecule has 1 heterocycles. The molecule has 0 atom stereocenters. The van der Waals surface area contributed by atoms with Gasteiger partial charge in [0.2, 0.25) is 5.91 Å². The summed E-state index contributed by atoms with van der Waals surface area (Å²) < 4.78 is 9.73. The lowest BCUT2D eigenvalue weighted by molar-refractivity contribution is -0.144. The Kier molecular flexibility index (Phi) is 10.6. The van der Waals surface area contributed by atoms with Gasteiger partial charge < -0.3 is 14.8 Å². The Hall–Kier alpha value is -1.90. The number of carbonyl (C=O) groups is 3. The molecule has 0 radical (unpaired) electrons. The first-order chi connectivity index (χ1) is 12.5. The first-order valence-electron chi connectivity index (χ1n) is 9.16. The lowest BCUT2D eigenvalue weighted by Gasteiger charge is -2.30. The number of hydrazine groups is 1. The Labute approximate surface area is 160 Å². The molecule has 0 saturated carbocycles. The zero-order valence-electron chi connectivity index (χ0n) is 15.6. The smallest absolute Gasteiger partial charge is 0.307 e. The second-order valence-corrected chi connectivity index (χ2v) is 6.18. The Bertz CT molecular complexity index is 501. The van der Waals surface area contributed by atoms with Crippen LogP contribution in [0.1, 0.15) is 52.4 Å². The third-order valence-electron chi connectivity index (χ3n) is 3.79. The van der Waals surface area contributed by atoms with Crippen LogP contribution in [0.5, 0.6) is 0 Å². The number of ether oxygens (including phenoxy) is 2. The van der Waals surface area contributed by atoms with Crippen molar-refractivity contribution in [1.82, 2.24) is 15.3 Å². The predicted molar refractivity (Wildman–Crippen MR) is 100.0 cm³/mol. The number of rotatable bonds is 10. The minimum Gasteiger partial charge on any atom is -0.466 e. The van der Waals surface area contributed by atoms with Crippen LogP contribution in [0.2, 0.25) is 0 Å². The van der Waals surface area contributed by atoms with Crippen LogP contribution in [0, 0.1) is 0 Å². The van der Waals surface area contributed by atoms with E-state index in [4.69, 9.17) is 21.7 Å². The molecule has 26 heavy (non-hydrogen) atoms. The van der Waals surface area contributed by atoms with E-state index in [2.05, 4.69) is 5.32 Å². The number of amides is 1. The van der Waals surface area contributed by atoms with Crippen molar-refractivity contribution in [2.24, 2.45) is 0 Å². The number of thiocarbonyl (C=S) groups is 1. The maximum absolute atomic E-state index is 12.4. The highest BCUT2D eigenvalue weighted by molar-refractivity contribution is 7.80. The average molecular weight is 388 g/mol. The maximum atomic E-state index is 12.4. The zero-order chi connectivity index (χ0) is 19.4. The first-order valence-corrected chi connectivity index (χ1v) is 9.57. The SMILES string of the molecule is CCOC(=O)CCCCC(=O)N1CCCN1C(=S)NCCC(=O)OCC. The van der Waals surface area contributed by atoms with Crippen LogP contribution in [0.25, 0.3) is 0 Å². The van der Waals surface area contributed by atoms with Crippen LogP contribution < -0.4 is 5.32 Å². The van der Waals surface area contributed by atoms with E-state index in [1.807, 2.05) is 0 Å². The monoisotopic (exact) mass is 387 g/mol. The lowest BCUT2D eigenvalue weighted by atomic mass is 10.2. The van der Waals surface area contributed by atoms with E-state index < -0.39 is 0 Å². The highest BCUT2D eigenvalue weighted by Gasteiger charge is 2.28. The van der Waals surface area contributed by atoms with Gasteiger partial charge in [-0.05, 0) is 45.3 Å². The van der Waals surface area contributed by atoms with Crippen molar-refractivity contribution >= 4 is 35.2 Å². The molecule has 148 valence electrons. The van der Waals surface area contributed by atoms with Gasteiger partial charge in [-0.25, -0.2) is 0 Å². The van der Waals surface area contributed by atoms with Gasteiger partial charge in [0.15, 0.2) is 5.11 Å². The van der Waals surface area contributed by atoms with E-state index in [0.29, 0.717) is 63.6 Å². The van der Waals surface area contributed by atoms with E-state index in [1.165, 1.54) is 0 Å². The fourth-order valence-corrected chi connectivity index (χ4v) is 2.88. The molecule has 0 aromatic carbocycles. The number of nitrogens with zero attached hydrogens (tertiary/aromatic N) is 2. The van der Waals surface area contributed by atoms with Crippen molar-refractivity contribution in [3.05, 3.63) is 0 Å². The molecule has 1 N–H and O–H groups in total. The third kappa shape index (κ3) is 7.99. The normalized spacial score (nSPS) is 13.5. The molecular weight excluding hydrogens is 358 g/mol. The topological polar surface area (TPSA) is 88.2 Å². The quantitative estimate of drug-likeness (QED) is 0.342. The fraction of sp³-hybridized carbons (Fsp3) is 0.765. The Morgan fingerprint density at radius 3 is 2.15 bits per heavy atom. The number of esters is 2. The fourth-order valence-electron chi connectivity index (χ4n) is 2.59. The predicted octanol–water partition coefficient (Wildman–Crippen LogP) is 1.39. The van der Waals surface area contributed by atoms with E-state index in [1.54, 1.807) is 23.9 Å². The van der Waals surface area contributed by atoms with Crippen molar-refractivity contribution in [3.63, 3.8) is 0 Å². The summed E-state index contributed by atoms with van der Waals surface area (Å²) in [6.45, 7) is 5.92. The molecule has 0 spiro atoms. The lowest BCUT2D eigenvalue weighted by Crippen LogP contribution is -2.49. The molecule has 0 aromatic heterocycles. The van der Waals surface area contributed by atoms with Crippen LogP contribution in [0.3, 0.4) is 0 Å². The van der Waals surface area contributed by atoms with Gasteiger partial charge in [-0.1, -0.05) is 0 Å². The minimum absolute atomic E-state index is 0.0131. The summed E-state index contributed by atoms with van der Waals surface area (Å²) in [5.74, 6) is -0.519. The Morgan fingerprint density at radius 1 is 0.923 bits per heavy atom. The van der Waals surface area contributed by atoms with Crippen molar-refractivity contribution < 1.29 is 23.9 Å². The molecule has 1 fully saturated rings. The Morgan fingerprint density at radius 2 is 1.50 bits per heavy atom. The molecule has 0 aliphatic carbocycles. The van der Waals surface area contributed by atoms with Crippen molar-refractivity contribution in [2.75, 3.05) is 32.8 Å². The van der Waals surface area contributed by atoms with Crippen LogP contribution in [0.4, 0.5) is 0 Å². The highest BCUT2D eigenvalue weighted by Crippen LogP contribution is 2.14. The first kappa shape index (κ1) is 22.1. The summed E-state index contributed by atoms with van der Waals surface area (Å²) in [6, 6.07) is 0. The van der Waals surface area contributed by atoms with Gasteiger partial charge in [-0.3, -0.25) is 24.4 Å². The van der Waals surface area contributed by atoms with E-state index >= 15 is 0 Å². The number of nitrogens with one attached hydrogen (secondary N) is 1. The summed E-state index contributed by atoms with van der Waals surface area (Å²) in [5.41, 5.74) is 0. The van der Waals surface area contributed by atoms with Gasteiger partial charge in [0, 0.05) is 32.5 Å². The van der Waals surface area contributed by atoms with Gasteiger partial charge in [0.05, 0.1) is 19.6 Å². The van der Waals surface area contributed by atoms with Crippen LogP contribution >= 0.6 is 12.2 Å². The van der Waals surface area contributed by atoms with E-state index in [9.17, 15) is 14.4 Å². The molecule has 1 aliphatic rings. The highest BCUT2D eigenvalue weighted by atomic mass is 32.1. The zero-order valence-corrected chi connectivity index (χ0v) is 16.4. The van der Waals surface area contributed by atoms with Gasteiger partial charge in [-0.15, -0.1) is 0 Å². The second-order valence-electron chi connectivity index (χ2n) is 5.79. The van der Waals surface area contributed by atoms with Crippen molar-refractivity contribution in [2.45, 2.75) is 52.4 Å². The summed E-state index contributed by atoms with van der Waals surface area (Å²) in [5, 5.41) is 6.82. The molecule has 8 nitrogen and oxygen atoms in total. The number of carbonyl (C=O) groups excluding carboxylic acids is 3. The summed E-state index contributed by atoms with van der Waals surface area (Å²) in [4.78, 5) is 35.0. The molecular formula is C17H29N3O5S. The molecule has 0 aromatic rings. The maximum Gasteiger partial charge on any atom is 0.307 e. The van der Waals surface area contributed by atoms with Crippen LogP contribution in [0.15, 0.2) is 0 Å². The molecule has 1 amide bonds.